The lowest BCUT2D eigenvalue weighted by atomic mass is 10.1. The zero-order valence-corrected chi connectivity index (χ0v) is 11.0. The summed E-state index contributed by atoms with van der Waals surface area (Å²) in [6.45, 7) is 4.00. The van der Waals surface area contributed by atoms with Crippen molar-refractivity contribution in [3.8, 4) is 11.5 Å². The molecule has 0 bridgehead atoms. The Balaban J connectivity index is 0.000000574. The van der Waals surface area contributed by atoms with Gasteiger partial charge in [0, 0.05) is 7.05 Å². The average Bonchev–Trinajstić information content (AvgIpc) is 2.41. The van der Waals surface area contributed by atoms with E-state index in [0.717, 1.165) is 28.6 Å². The fraction of sp³-hybridized carbons (Fsp3) is 0.200. The molecule has 2 aromatic carbocycles. The monoisotopic (exact) mass is 242 g/mol. The number of para-hydroxylation sites is 3. The number of hydrogen-bond donors (Lipinski definition) is 1. The third-order valence-electron chi connectivity index (χ3n) is 2.81. The summed E-state index contributed by atoms with van der Waals surface area (Å²) in [7, 11) is 2.00. The smallest absolute Gasteiger partial charge is 0.153 e. The van der Waals surface area contributed by atoms with Crippen LogP contribution in [0, 0.1) is 0 Å². The lowest BCUT2D eigenvalue weighted by molar-refractivity contribution is 0.476. The maximum absolute atomic E-state index is 5.97. The van der Waals surface area contributed by atoms with E-state index >= 15 is 0 Å². The molecule has 0 atom stereocenters. The molecule has 0 unspecified atom stereocenters. The number of anilines is 3. The zero-order chi connectivity index (χ0) is 13.1. The molecule has 0 saturated heterocycles. The largest absolute Gasteiger partial charge is 0.453 e. The Labute approximate surface area is 108 Å². The molecule has 0 radical (unpaired) electrons. The number of nitrogens with two attached hydrogens (primary N) is 1. The van der Waals surface area contributed by atoms with Crippen molar-refractivity contribution >= 4 is 17.1 Å². The first kappa shape index (κ1) is 12.3. The molecule has 0 saturated carbocycles. The molecular weight excluding hydrogens is 224 g/mol. The van der Waals surface area contributed by atoms with Gasteiger partial charge in [0.1, 0.15) is 5.69 Å². The highest BCUT2D eigenvalue weighted by atomic mass is 16.5. The molecular formula is C15H18N2O. The van der Waals surface area contributed by atoms with E-state index in [1.807, 2.05) is 63.4 Å². The van der Waals surface area contributed by atoms with Crippen LogP contribution in [0.4, 0.5) is 17.1 Å². The van der Waals surface area contributed by atoms with Crippen LogP contribution in [0.2, 0.25) is 0 Å². The number of ether oxygens (including phenoxy) is 1. The molecule has 1 heterocycles. The first-order valence-corrected chi connectivity index (χ1v) is 6.16. The molecule has 3 nitrogen and oxygen atoms in total. The Morgan fingerprint density at radius 1 is 0.944 bits per heavy atom. The quantitative estimate of drug-likeness (QED) is 0.705. The van der Waals surface area contributed by atoms with Crippen molar-refractivity contribution in [2.45, 2.75) is 13.8 Å². The van der Waals surface area contributed by atoms with Gasteiger partial charge in [0.05, 0.1) is 11.4 Å². The van der Waals surface area contributed by atoms with E-state index < -0.39 is 0 Å². The van der Waals surface area contributed by atoms with E-state index in [2.05, 4.69) is 4.90 Å². The van der Waals surface area contributed by atoms with Crippen LogP contribution in [0.3, 0.4) is 0 Å². The van der Waals surface area contributed by atoms with Gasteiger partial charge in [-0.1, -0.05) is 32.0 Å². The number of nitrogens with zero attached hydrogens (tertiary/aromatic N) is 1. The van der Waals surface area contributed by atoms with Crippen LogP contribution in [0.25, 0.3) is 0 Å². The molecule has 3 rings (SSSR count). The van der Waals surface area contributed by atoms with Gasteiger partial charge in [-0.05, 0) is 24.3 Å². The van der Waals surface area contributed by atoms with Crippen molar-refractivity contribution in [2.75, 3.05) is 17.7 Å². The van der Waals surface area contributed by atoms with Crippen LogP contribution in [-0.2, 0) is 0 Å². The van der Waals surface area contributed by atoms with Gasteiger partial charge in [-0.2, -0.15) is 0 Å². The third-order valence-corrected chi connectivity index (χ3v) is 2.81. The van der Waals surface area contributed by atoms with Crippen LogP contribution in [0.5, 0.6) is 11.5 Å². The number of benzene rings is 2. The second-order valence-corrected chi connectivity index (χ2v) is 3.82. The Morgan fingerprint density at radius 3 is 2.39 bits per heavy atom. The molecule has 1 aliphatic heterocycles. The van der Waals surface area contributed by atoms with Gasteiger partial charge in [-0.3, -0.25) is 0 Å². The lowest BCUT2D eigenvalue weighted by Gasteiger charge is -2.30. The molecule has 3 heteroatoms. The van der Waals surface area contributed by atoms with Crippen molar-refractivity contribution in [3.05, 3.63) is 42.5 Å². The molecule has 18 heavy (non-hydrogen) atoms. The van der Waals surface area contributed by atoms with Gasteiger partial charge in [-0.15, -0.1) is 0 Å². The summed E-state index contributed by atoms with van der Waals surface area (Å²) in [6, 6.07) is 13.6. The highest BCUT2D eigenvalue weighted by Gasteiger charge is 2.22. The molecule has 0 aliphatic carbocycles. The van der Waals surface area contributed by atoms with Gasteiger partial charge < -0.3 is 15.4 Å². The first-order chi connectivity index (χ1) is 8.77. The normalized spacial score (nSPS) is 11.6. The predicted molar refractivity (Wildman–Crippen MR) is 76.8 cm³/mol. The summed E-state index contributed by atoms with van der Waals surface area (Å²) >= 11 is 0. The third kappa shape index (κ3) is 1.88. The predicted octanol–water partition coefficient (Wildman–Crippen LogP) is 4.17. The maximum Gasteiger partial charge on any atom is 0.153 e. The van der Waals surface area contributed by atoms with Gasteiger partial charge >= 0.3 is 0 Å². The number of rotatable bonds is 0. The fourth-order valence-corrected chi connectivity index (χ4v) is 2.04. The summed E-state index contributed by atoms with van der Waals surface area (Å²) < 4.78 is 5.81. The fourth-order valence-electron chi connectivity index (χ4n) is 2.04. The minimum absolute atomic E-state index is 0.731. The summed E-state index contributed by atoms with van der Waals surface area (Å²) in [5.41, 5.74) is 8.67. The Bertz CT molecular complexity index is 552. The van der Waals surface area contributed by atoms with E-state index in [1.165, 1.54) is 0 Å². The highest BCUT2D eigenvalue weighted by Crippen LogP contribution is 2.47. The lowest BCUT2D eigenvalue weighted by Crippen LogP contribution is -2.17. The molecule has 2 aromatic rings. The molecule has 0 spiro atoms. The van der Waals surface area contributed by atoms with E-state index in [9.17, 15) is 0 Å². The maximum atomic E-state index is 5.97. The van der Waals surface area contributed by atoms with Gasteiger partial charge in [0.25, 0.3) is 0 Å². The molecule has 0 amide bonds. The Kier molecular flexibility index (Phi) is 3.42. The molecule has 0 fully saturated rings. The Morgan fingerprint density at radius 2 is 1.61 bits per heavy atom. The average molecular weight is 242 g/mol. The molecule has 2 N–H and O–H groups in total. The summed E-state index contributed by atoms with van der Waals surface area (Å²) in [5, 5.41) is 0. The topological polar surface area (TPSA) is 38.5 Å². The molecule has 94 valence electrons. The van der Waals surface area contributed by atoms with Gasteiger partial charge in [0.15, 0.2) is 11.5 Å². The van der Waals surface area contributed by atoms with E-state index in [-0.39, 0.29) is 0 Å². The van der Waals surface area contributed by atoms with Crippen LogP contribution in [-0.4, -0.2) is 7.05 Å². The summed E-state index contributed by atoms with van der Waals surface area (Å²) in [5.74, 6) is 1.67. The van der Waals surface area contributed by atoms with Crippen molar-refractivity contribution in [1.29, 1.82) is 0 Å². The van der Waals surface area contributed by atoms with E-state index in [0.29, 0.717) is 0 Å². The van der Waals surface area contributed by atoms with E-state index in [1.54, 1.807) is 0 Å². The number of fused-ring (bicyclic) bond motifs is 2. The van der Waals surface area contributed by atoms with Crippen LogP contribution in [0.15, 0.2) is 42.5 Å². The van der Waals surface area contributed by atoms with Gasteiger partial charge in [0.2, 0.25) is 0 Å². The van der Waals surface area contributed by atoms with Crippen LogP contribution in [0.1, 0.15) is 13.8 Å². The summed E-state index contributed by atoms with van der Waals surface area (Å²) in [6.07, 6.45) is 0. The second kappa shape index (κ2) is 5.00. The van der Waals surface area contributed by atoms with Crippen LogP contribution >= 0.6 is 0 Å². The van der Waals surface area contributed by atoms with Crippen LogP contribution < -0.4 is 15.4 Å². The first-order valence-electron chi connectivity index (χ1n) is 6.16. The molecule has 0 aromatic heterocycles. The van der Waals surface area contributed by atoms with Crippen molar-refractivity contribution in [1.82, 2.24) is 0 Å². The second-order valence-electron chi connectivity index (χ2n) is 3.82. The number of nitrogen functional groups attached to an aromatic ring is 1. The number of hydrogen-bond acceptors (Lipinski definition) is 3. The highest BCUT2D eigenvalue weighted by molar-refractivity contribution is 5.85. The summed E-state index contributed by atoms with van der Waals surface area (Å²) in [4.78, 5) is 2.06. The van der Waals surface area contributed by atoms with Crippen molar-refractivity contribution < 1.29 is 4.74 Å². The van der Waals surface area contributed by atoms with Crippen molar-refractivity contribution in [3.63, 3.8) is 0 Å². The zero-order valence-electron chi connectivity index (χ0n) is 11.0. The van der Waals surface area contributed by atoms with Gasteiger partial charge in [-0.25, -0.2) is 0 Å². The van der Waals surface area contributed by atoms with E-state index in [4.69, 9.17) is 10.5 Å². The Hall–Kier alpha value is -2.16. The molecule has 1 aliphatic rings. The SMILES string of the molecule is CC.CN1c2ccccc2Oc2cccc(N)c21. The van der Waals surface area contributed by atoms with Crippen molar-refractivity contribution in [2.24, 2.45) is 0 Å². The minimum atomic E-state index is 0.731. The standard InChI is InChI=1S/C13H12N2O.C2H6/c1-15-10-6-2-3-7-11(10)16-12-8-4-5-9(14)13(12)15;1-2/h2-8H,14H2,1H3;1-2H3. The minimum Gasteiger partial charge on any atom is -0.453 e.